The Bertz CT molecular complexity index is 713. The van der Waals surface area contributed by atoms with Crippen LogP contribution >= 0.6 is 11.3 Å². The SMILES string of the molecule is Cc1nnc(NC(=O)CCC2Cc3ccccc3NC2=O)s1. The Morgan fingerprint density at radius 1 is 1.41 bits per heavy atom. The number of amides is 2. The Morgan fingerprint density at radius 3 is 3.00 bits per heavy atom. The van der Waals surface area contributed by atoms with E-state index in [1.165, 1.54) is 11.3 Å². The van der Waals surface area contributed by atoms with Crippen molar-refractivity contribution in [2.45, 2.75) is 26.2 Å². The normalized spacial score (nSPS) is 16.8. The number of aromatic nitrogens is 2. The van der Waals surface area contributed by atoms with Crippen molar-refractivity contribution in [2.24, 2.45) is 5.92 Å². The zero-order valence-corrected chi connectivity index (χ0v) is 12.9. The molecule has 0 fully saturated rings. The third kappa shape index (κ3) is 3.30. The van der Waals surface area contributed by atoms with Crippen molar-refractivity contribution < 1.29 is 9.59 Å². The van der Waals surface area contributed by atoms with Crippen LogP contribution in [0.2, 0.25) is 0 Å². The summed E-state index contributed by atoms with van der Waals surface area (Å²) in [6.45, 7) is 1.83. The monoisotopic (exact) mass is 316 g/mol. The standard InChI is InChI=1S/C15H16N4O2S/c1-9-18-19-15(22-9)17-13(20)7-6-11-8-10-4-2-3-5-12(10)16-14(11)21/h2-5,11H,6-8H2,1H3,(H,16,21)(H,17,19,20). The molecule has 6 nitrogen and oxygen atoms in total. The number of rotatable bonds is 4. The van der Waals surface area contributed by atoms with Crippen LogP contribution in [0.5, 0.6) is 0 Å². The predicted molar refractivity (Wildman–Crippen MR) is 84.8 cm³/mol. The Labute approximate surface area is 132 Å². The number of nitrogens with zero attached hydrogens (tertiary/aromatic N) is 2. The number of fused-ring (bicyclic) bond motifs is 1. The van der Waals surface area contributed by atoms with Crippen LogP contribution in [0.3, 0.4) is 0 Å². The van der Waals surface area contributed by atoms with E-state index in [9.17, 15) is 9.59 Å². The molecule has 2 amide bonds. The molecule has 0 saturated heterocycles. The minimum atomic E-state index is -0.170. The Morgan fingerprint density at radius 2 is 2.23 bits per heavy atom. The van der Waals surface area contributed by atoms with Crippen LogP contribution in [0.25, 0.3) is 0 Å². The van der Waals surface area contributed by atoms with E-state index in [1.54, 1.807) is 0 Å². The van der Waals surface area contributed by atoms with Gasteiger partial charge in [0.15, 0.2) is 0 Å². The number of hydrogen-bond acceptors (Lipinski definition) is 5. The highest BCUT2D eigenvalue weighted by Crippen LogP contribution is 2.27. The molecule has 1 aromatic heterocycles. The average Bonchev–Trinajstić information content (AvgIpc) is 2.90. The van der Waals surface area contributed by atoms with Gasteiger partial charge in [0.2, 0.25) is 16.9 Å². The lowest BCUT2D eigenvalue weighted by Gasteiger charge is -2.24. The number of carbonyl (C=O) groups excluding carboxylic acids is 2. The molecule has 2 aromatic rings. The van der Waals surface area contributed by atoms with Gasteiger partial charge in [0.1, 0.15) is 5.01 Å². The summed E-state index contributed by atoms with van der Waals surface area (Å²) in [7, 11) is 0. The van der Waals surface area contributed by atoms with Gasteiger partial charge < -0.3 is 10.6 Å². The first-order valence-corrected chi connectivity index (χ1v) is 7.92. The summed E-state index contributed by atoms with van der Waals surface area (Å²) in [5, 5.41) is 14.6. The summed E-state index contributed by atoms with van der Waals surface area (Å²) in [4.78, 5) is 24.0. The molecule has 1 aromatic carbocycles. The molecule has 0 bridgehead atoms. The van der Waals surface area contributed by atoms with E-state index < -0.39 is 0 Å². The highest BCUT2D eigenvalue weighted by molar-refractivity contribution is 7.15. The molecular weight excluding hydrogens is 300 g/mol. The first-order chi connectivity index (χ1) is 10.6. The lowest BCUT2D eigenvalue weighted by atomic mass is 9.89. The number of benzene rings is 1. The van der Waals surface area contributed by atoms with Gasteiger partial charge in [-0.15, -0.1) is 10.2 Å². The molecule has 22 heavy (non-hydrogen) atoms. The van der Waals surface area contributed by atoms with Crippen molar-refractivity contribution >= 4 is 34.0 Å². The quantitative estimate of drug-likeness (QED) is 0.907. The van der Waals surface area contributed by atoms with Gasteiger partial charge in [-0.05, 0) is 31.4 Å². The number of carbonyl (C=O) groups is 2. The molecule has 1 aliphatic heterocycles. The molecule has 2 N–H and O–H groups in total. The Balaban J connectivity index is 1.55. The fourth-order valence-corrected chi connectivity index (χ4v) is 3.09. The summed E-state index contributed by atoms with van der Waals surface area (Å²) < 4.78 is 0. The number of nitrogens with one attached hydrogen (secondary N) is 2. The molecular formula is C15H16N4O2S. The van der Waals surface area contributed by atoms with E-state index in [0.717, 1.165) is 16.3 Å². The van der Waals surface area contributed by atoms with Crippen LogP contribution in [-0.4, -0.2) is 22.0 Å². The summed E-state index contributed by atoms with van der Waals surface area (Å²) in [5.74, 6) is -0.321. The molecule has 3 rings (SSSR count). The topological polar surface area (TPSA) is 84.0 Å². The summed E-state index contributed by atoms with van der Waals surface area (Å²) >= 11 is 1.34. The van der Waals surface area contributed by atoms with E-state index in [2.05, 4.69) is 20.8 Å². The van der Waals surface area contributed by atoms with Crippen molar-refractivity contribution in [1.29, 1.82) is 0 Å². The first-order valence-electron chi connectivity index (χ1n) is 7.10. The molecule has 1 aliphatic rings. The van der Waals surface area contributed by atoms with Crippen LogP contribution in [0, 0.1) is 12.8 Å². The lowest BCUT2D eigenvalue weighted by molar-refractivity contribution is -0.121. The second-order valence-corrected chi connectivity index (χ2v) is 6.44. The van der Waals surface area contributed by atoms with Crippen molar-refractivity contribution in [2.75, 3.05) is 10.6 Å². The zero-order valence-electron chi connectivity index (χ0n) is 12.1. The molecule has 2 heterocycles. The van der Waals surface area contributed by atoms with Crippen molar-refractivity contribution in [3.05, 3.63) is 34.8 Å². The Hall–Kier alpha value is -2.28. The molecule has 1 atom stereocenters. The summed E-state index contributed by atoms with van der Waals surface area (Å²) in [5.41, 5.74) is 1.99. The van der Waals surface area contributed by atoms with Crippen molar-refractivity contribution in [1.82, 2.24) is 10.2 Å². The smallest absolute Gasteiger partial charge is 0.227 e. The first kappa shape index (κ1) is 14.6. The molecule has 0 aliphatic carbocycles. The molecule has 114 valence electrons. The van der Waals surface area contributed by atoms with Crippen LogP contribution in [0.1, 0.15) is 23.4 Å². The third-order valence-corrected chi connectivity index (χ3v) is 4.36. The van der Waals surface area contributed by atoms with E-state index in [1.807, 2.05) is 31.2 Å². The zero-order chi connectivity index (χ0) is 15.5. The maximum atomic E-state index is 12.1. The number of anilines is 2. The minimum Gasteiger partial charge on any atom is -0.326 e. The van der Waals surface area contributed by atoms with Gasteiger partial charge in [-0.1, -0.05) is 29.5 Å². The lowest BCUT2D eigenvalue weighted by Crippen LogP contribution is -2.30. The average molecular weight is 316 g/mol. The van der Waals surface area contributed by atoms with Crippen LogP contribution in [0.15, 0.2) is 24.3 Å². The van der Waals surface area contributed by atoms with Gasteiger partial charge in [-0.2, -0.15) is 0 Å². The number of aryl methyl sites for hydroxylation is 1. The number of para-hydroxylation sites is 1. The second kappa shape index (κ2) is 6.23. The van der Waals surface area contributed by atoms with E-state index >= 15 is 0 Å². The van der Waals surface area contributed by atoms with Gasteiger partial charge in [-0.25, -0.2) is 0 Å². The highest BCUT2D eigenvalue weighted by atomic mass is 32.1. The largest absolute Gasteiger partial charge is 0.326 e. The fraction of sp³-hybridized carbons (Fsp3) is 0.333. The molecule has 1 unspecified atom stereocenters. The Kier molecular flexibility index (Phi) is 4.15. The van der Waals surface area contributed by atoms with E-state index in [4.69, 9.17) is 0 Å². The van der Waals surface area contributed by atoms with Gasteiger partial charge in [0.05, 0.1) is 0 Å². The molecule has 0 radical (unpaired) electrons. The van der Waals surface area contributed by atoms with Crippen molar-refractivity contribution in [3.63, 3.8) is 0 Å². The molecule has 0 spiro atoms. The fourth-order valence-electron chi connectivity index (χ4n) is 2.48. The van der Waals surface area contributed by atoms with Gasteiger partial charge >= 0.3 is 0 Å². The third-order valence-electron chi connectivity index (χ3n) is 3.60. The van der Waals surface area contributed by atoms with Crippen molar-refractivity contribution in [3.8, 4) is 0 Å². The minimum absolute atomic E-state index is 0.0155. The summed E-state index contributed by atoms with van der Waals surface area (Å²) in [6, 6.07) is 7.76. The second-order valence-electron chi connectivity index (χ2n) is 5.26. The summed E-state index contributed by atoms with van der Waals surface area (Å²) in [6.07, 6.45) is 1.48. The molecule has 0 saturated carbocycles. The molecule has 7 heteroatoms. The maximum absolute atomic E-state index is 12.1. The van der Waals surface area contributed by atoms with Crippen LogP contribution < -0.4 is 10.6 Å². The van der Waals surface area contributed by atoms with Gasteiger partial charge in [-0.3, -0.25) is 9.59 Å². The van der Waals surface area contributed by atoms with Gasteiger partial charge in [0.25, 0.3) is 0 Å². The van der Waals surface area contributed by atoms with Gasteiger partial charge in [0, 0.05) is 18.0 Å². The number of hydrogen-bond donors (Lipinski definition) is 2. The van der Waals surface area contributed by atoms with E-state index in [0.29, 0.717) is 24.4 Å². The van der Waals surface area contributed by atoms with Crippen LogP contribution in [0.4, 0.5) is 10.8 Å². The van der Waals surface area contributed by atoms with E-state index in [-0.39, 0.29) is 17.7 Å². The highest BCUT2D eigenvalue weighted by Gasteiger charge is 2.26. The predicted octanol–water partition coefficient (Wildman–Crippen LogP) is 2.38. The van der Waals surface area contributed by atoms with Crippen LogP contribution in [-0.2, 0) is 16.0 Å². The maximum Gasteiger partial charge on any atom is 0.227 e.